The van der Waals surface area contributed by atoms with Gasteiger partial charge in [0.2, 0.25) is 17.7 Å². The van der Waals surface area contributed by atoms with E-state index in [0.717, 1.165) is 57.9 Å². The van der Waals surface area contributed by atoms with Gasteiger partial charge in [0, 0.05) is 19.2 Å². The van der Waals surface area contributed by atoms with Gasteiger partial charge < -0.3 is 19.9 Å². The Bertz CT molecular complexity index is 942. The van der Waals surface area contributed by atoms with E-state index in [1.54, 1.807) is 23.8 Å². The number of rotatable bonds is 10. The molecule has 226 valence electrons. The fourth-order valence-electron chi connectivity index (χ4n) is 6.34. The van der Waals surface area contributed by atoms with Gasteiger partial charge >= 0.3 is 5.97 Å². The Labute approximate surface area is 241 Å². The van der Waals surface area contributed by atoms with Crippen LogP contribution in [0.15, 0.2) is 11.6 Å². The highest BCUT2D eigenvalue weighted by Gasteiger charge is 2.38. The van der Waals surface area contributed by atoms with Gasteiger partial charge in [0.25, 0.3) is 0 Å². The average molecular weight is 561 g/mol. The van der Waals surface area contributed by atoms with Crippen molar-refractivity contribution in [3.8, 4) is 0 Å². The highest BCUT2D eigenvalue weighted by atomic mass is 16.5. The van der Waals surface area contributed by atoms with Gasteiger partial charge in [-0.2, -0.15) is 0 Å². The number of carbonyl (C=O) groups excluding carboxylic acids is 4. The van der Waals surface area contributed by atoms with Crippen molar-refractivity contribution in [2.75, 3.05) is 27.2 Å². The van der Waals surface area contributed by atoms with E-state index in [9.17, 15) is 19.2 Å². The third-order valence-electron chi connectivity index (χ3n) is 8.91. The maximum Gasteiger partial charge on any atom is 0.329 e. The zero-order valence-corrected chi connectivity index (χ0v) is 25.8. The number of hydrogen-bond donors (Lipinski definition) is 1. The van der Waals surface area contributed by atoms with Gasteiger partial charge in [-0.25, -0.2) is 4.79 Å². The fourth-order valence-corrected chi connectivity index (χ4v) is 6.34. The lowest BCUT2D eigenvalue weighted by Crippen LogP contribution is -2.57. The lowest BCUT2D eigenvalue weighted by Gasteiger charge is -2.36. The number of nitrogens with zero attached hydrogens (tertiary/aromatic N) is 3. The Morgan fingerprint density at radius 2 is 1.50 bits per heavy atom. The van der Waals surface area contributed by atoms with Crippen LogP contribution in [-0.2, 0) is 23.9 Å². The number of nitrogens with one attached hydrogen (secondary N) is 1. The average Bonchev–Trinajstić information content (AvgIpc) is 3.61. The summed E-state index contributed by atoms with van der Waals surface area (Å²) in [6.45, 7) is 11.1. The van der Waals surface area contributed by atoms with Crippen LogP contribution in [0.4, 0.5) is 0 Å². The molecule has 1 aliphatic carbocycles. The third-order valence-corrected chi connectivity index (χ3v) is 8.91. The van der Waals surface area contributed by atoms with Crippen molar-refractivity contribution >= 4 is 23.7 Å². The fraction of sp³-hybridized carbons (Fsp3) is 0.806. The van der Waals surface area contributed by atoms with Gasteiger partial charge in [-0.1, -0.05) is 40.2 Å². The maximum atomic E-state index is 13.8. The number of amides is 3. The van der Waals surface area contributed by atoms with Crippen LogP contribution in [0.25, 0.3) is 0 Å². The summed E-state index contributed by atoms with van der Waals surface area (Å²) in [4.78, 5) is 58.7. The molecule has 4 atom stereocenters. The van der Waals surface area contributed by atoms with Gasteiger partial charge in [0.05, 0.1) is 12.1 Å². The van der Waals surface area contributed by atoms with Gasteiger partial charge in [0.1, 0.15) is 18.2 Å². The first-order valence-corrected chi connectivity index (χ1v) is 15.4. The minimum atomic E-state index is -0.660. The predicted molar refractivity (Wildman–Crippen MR) is 155 cm³/mol. The van der Waals surface area contributed by atoms with Crippen LogP contribution in [0.1, 0.15) is 92.4 Å². The Morgan fingerprint density at radius 1 is 0.875 bits per heavy atom. The lowest BCUT2D eigenvalue weighted by molar-refractivity contribution is -0.157. The summed E-state index contributed by atoms with van der Waals surface area (Å²) in [6.07, 6.45) is 10.0. The van der Waals surface area contributed by atoms with Crippen LogP contribution < -0.4 is 5.32 Å². The lowest BCUT2D eigenvalue weighted by atomic mass is 9.96. The molecule has 0 radical (unpaired) electrons. The molecule has 0 spiro atoms. The van der Waals surface area contributed by atoms with Crippen LogP contribution in [-0.4, -0.2) is 95.8 Å². The SMILES string of the molecule is C/C(=C\[C@H](C(C)C)N(C)C(=O)[C@@H](NC(=O)C1CCCCN1C)C(C)C)C(=O)N1CCC[C@H]1C(=O)OC1CCCC1. The van der Waals surface area contributed by atoms with E-state index in [-0.39, 0.29) is 53.7 Å². The minimum Gasteiger partial charge on any atom is -0.461 e. The monoisotopic (exact) mass is 560 g/mol. The molecule has 0 aromatic heterocycles. The Kier molecular flexibility index (Phi) is 11.6. The standard InChI is InChI=1S/C31H52N4O5/c1-20(2)26(34(7)30(38)27(21(3)4)32-28(36)24-15-10-11-17-33(24)6)19-22(5)29(37)35-18-12-16-25(35)31(39)40-23-13-8-9-14-23/h19-21,23-27H,8-18H2,1-7H3,(H,32,36)/b22-19+/t24?,25-,26+,27-/m0/s1. The van der Waals surface area contributed by atoms with Crippen LogP contribution in [0.2, 0.25) is 0 Å². The quantitative estimate of drug-likeness (QED) is 0.324. The summed E-state index contributed by atoms with van der Waals surface area (Å²) in [6, 6.07) is -1.78. The molecule has 2 heterocycles. The first kappa shape index (κ1) is 32.1. The molecule has 3 amide bonds. The van der Waals surface area contributed by atoms with E-state index in [1.165, 1.54) is 0 Å². The molecule has 1 N–H and O–H groups in total. The molecule has 3 rings (SSSR count). The summed E-state index contributed by atoms with van der Waals surface area (Å²) in [7, 11) is 3.70. The summed E-state index contributed by atoms with van der Waals surface area (Å²) in [5.74, 6) is -0.815. The molecule has 0 aromatic carbocycles. The van der Waals surface area contributed by atoms with Crippen molar-refractivity contribution in [1.82, 2.24) is 20.0 Å². The molecule has 40 heavy (non-hydrogen) atoms. The van der Waals surface area contributed by atoms with Gasteiger partial charge in [0.15, 0.2) is 0 Å². The number of ether oxygens (including phenoxy) is 1. The van der Waals surface area contributed by atoms with E-state index in [1.807, 2.05) is 40.8 Å². The van der Waals surface area contributed by atoms with Gasteiger partial charge in [-0.3, -0.25) is 19.3 Å². The van der Waals surface area contributed by atoms with E-state index < -0.39 is 12.1 Å². The number of likely N-dealkylation sites (tertiary alicyclic amines) is 2. The first-order chi connectivity index (χ1) is 18.9. The number of piperidine rings is 1. The second-order valence-corrected chi connectivity index (χ2v) is 12.8. The topological polar surface area (TPSA) is 99.3 Å². The molecular formula is C31H52N4O5. The molecule has 2 saturated heterocycles. The Morgan fingerprint density at radius 3 is 2.10 bits per heavy atom. The zero-order valence-electron chi connectivity index (χ0n) is 25.8. The number of likely N-dealkylation sites (N-methyl/N-ethyl adjacent to an activating group) is 2. The second-order valence-electron chi connectivity index (χ2n) is 12.8. The highest BCUT2D eigenvalue weighted by molar-refractivity contribution is 5.96. The van der Waals surface area contributed by atoms with E-state index in [2.05, 4.69) is 10.2 Å². The van der Waals surface area contributed by atoms with Crippen LogP contribution in [0.3, 0.4) is 0 Å². The largest absolute Gasteiger partial charge is 0.461 e. The van der Waals surface area contributed by atoms with Crippen LogP contribution in [0, 0.1) is 11.8 Å². The van der Waals surface area contributed by atoms with E-state index >= 15 is 0 Å². The van der Waals surface area contributed by atoms with E-state index in [0.29, 0.717) is 18.5 Å². The maximum absolute atomic E-state index is 13.8. The second kappa shape index (κ2) is 14.5. The minimum absolute atomic E-state index is 0.0282. The predicted octanol–water partition coefficient (Wildman–Crippen LogP) is 3.52. The Balaban J connectivity index is 1.70. The summed E-state index contributed by atoms with van der Waals surface area (Å²) in [5, 5.41) is 3.04. The zero-order chi connectivity index (χ0) is 29.6. The first-order valence-electron chi connectivity index (χ1n) is 15.4. The highest BCUT2D eigenvalue weighted by Crippen LogP contribution is 2.26. The molecule has 9 heteroatoms. The molecule has 3 fully saturated rings. The van der Waals surface area contributed by atoms with Crippen molar-refractivity contribution in [2.24, 2.45) is 11.8 Å². The third kappa shape index (κ3) is 7.86. The number of carbonyl (C=O) groups is 4. The smallest absolute Gasteiger partial charge is 0.329 e. The molecule has 1 unspecified atom stereocenters. The molecular weight excluding hydrogens is 508 g/mol. The molecule has 1 saturated carbocycles. The van der Waals surface area contributed by atoms with Crippen LogP contribution in [0.5, 0.6) is 0 Å². The van der Waals surface area contributed by atoms with Crippen molar-refractivity contribution in [3.63, 3.8) is 0 Å². The van der Waals surface area contributed by atoms with Crippen molar-refractivity contribution < 1.29 is 23.9 Å². The molecule has 3 aliphatic rings. The van der Waals surface area contributed by atoms with Gasteiger partial charge in [-0.05, 0) is 83.7 Å². The van der Waals surface area contributed by atoms with E-state index in [4.69, 9.17) is 4.74 Å². The summed E-state index contributed by atoms with van der Waals surface area (Å²) in [5.41, 5.74) is 0.507. The number of hydrogen-bond acceptors (Lipinski definition) is 6. The number of esters is 1. The van der Waals surface area contributed by atoms with Crippen molar-refractivity contribution in [2.45, 2.75) is 123 Å². The van der Waals surface area contributed by atoms with Crippen LogP contribution >= 0.6 is 0 Å². The van der Waals surface area contributed by atoms with Gasteiger partial charge in [-0.15, -0.1) is 0 Å². The molecule has 2 aliphatic heterocycles. The van der Waals surface area contributed by atoms with Crippen molar-refractivity contribution in [1.29, 1.82) is 0 Å². The normalized spacial score (nSPS) is 24.3. The summed E-state index contributed by atoms with van der Waals surface area (Å²) >= 11 is 0. The Hall–Kier alpha value is -2.42. The van der Waals surface area contributed by atoms with Crippen molar-refractivity contribution in [3.05, 3.63) is 11.6 Å². The molecule has 0 aromatic rings. The summed E-state index contributed by atoms with van der Waals surface area (Å²) < 4.78 is 5.73. The molecule has 9 nitrogen and oxygen atoms in total. The molecule has 0 bridgehead atoms.